The zero-order valence-electron chi connectivity index (χ0n) is 34.9. The quantitative estimate of drug-likeness (QED) is 0.162. The average Bonchev–Trinajstić information content (AvgIpc) is 3.77. The molecule has 0 N–H and O–H groups in total. The number of fused-ring (bicyclic) bond motifs is 4. The first-order valence-electron chi connectivity index (χ1n) is 20.4. The van der Waals surface area contributed by atoms with E-state index in [2.05, 4.69) is 221 Å². The van der Waals surface area contributed by atoms with Crippen molar-refractivity contribution in [3.63, 3.8) is 0 Å². The molecule has 0 amide bonds. The Kier molecular flexibility index (Phi) is 8.96. The summed E-state index contributed by atoms with van der Waals surface area (Å²) in [4.78, 5) is 9.81. The van der Waals surface area contributed by atoms with Crippen LogP contribution in [-0.4, -0.2) is 16.2 Å². The number of rotatable bonds is 7. The van der Waals surface area contributed by atoms with Crippen LogP contribution in [0.25, 0.3) is 27.6 Å². The summed E-state index contributed by atoms with van der Waals surface area (Å²) in [5.41, 5.74) is 11.6. The van der Waals surface area contributed by atoms with Gasteiger partial charge in [-0.15, -0.1) is 0 Å². The molecule has 58 heavy (non-hydrogen) atoms. The third-order valence-electron chi connectivity index (χ3n) is 11.9. The van der Waals surface area contributed by atoms with Gasteiger partial charge in [0.25, 0.3) is 0 Å². The molecule has 2 aromatic heterocycles. The standard InChI is InChI=1S/C53H52N4O/c1-51(2,3)37-19-16-20-40(29-37)55-35-56(48-24-15-14-23-47(48)55)41-30-39(52(4,5)6)31-43(33-41)58-42-25-26-45-44-21-12-13-22-46(44)57(49(45)34-42)50-32-38(27-28-54-50)53(7,8)36-17-10-9-11-18-36/h9-34H,35H2,1-8H3. The minimum Gasteiger partial charge on any atom is -0.457 e. The number of nitrogens with zero attached hydrogens (tertiary/aromatic N) is 4. The normalized spacial score (nSPS) is 13.4. The summed E-state index contributed by atoms with van der Waals surface area (Å²) in [6, 6.07) is 54.5. The molecule has 3 heterocycles. The van der Waals surface area contributed by atoms with E-state index in [1.54, 1.807) is 0 Å². The Labute approximate surface area is 343 Å². The molecule has 6 aromatic carbocycles. The van der Waals surface area contributed by atoms with E-state index in [0.717, 1.165) is 39.4 Å². The van der Waals surface area contributed by atoms with E-state index < -0.39 is 0 Å². The highest BCUT2D eigenvalue weighted by Crippen LogP contribution is 2.47. The van der Waals surface area contributed by atoms with Crippen LogP contribution in [-0.2, 0) is 16.2 Å². The molecule has 0 saturated heterocycles. The molecular weight excluding hydrogens is 709 g/mol. The highest BCUT2D eigenvalue weighted by molar-refractivity contribution is 6.09. The topological polar surface area (TPSA) is 33.5 Å². The molecule has 0 bridgehead atoms. The number of benzene rings is 6. The van der Waals surface area contributed by atoms with E-state index in [0.29, 0.717) is 6.67 Å². The minimum absolute atomic E-state index is 0.0550. The Morgan fingerprint density at radius 3 is 1.84 bits per heavy atom. The number of hydrogen-bond donors (Lipinski definition) is 0. The lowest BCUT2D eigenvalue weighted by molar-refractivity contribution is 0.479. The lowest BCUT2D eigenvalue weighted by atomic mass is 9.78. The first-order chi connectivity index (χ1) is 27.8. The molecule has 0 fully saturated rings. The molecule has 5 heteroatoms. The SMILES string of the molecule is CC(C)(C)c1cccc(N2CN(c3cc(Oc4ccc5c6ccccc6n(-c6cc(C(C)(C)c7ccccc7)ccn6)c5c4)cc(C(C)(C)C)c3)c3ccccc32)c1. The van der Waals surface area contributed by atoms with Gasteiger partial charge in [0.05, 0.1) is 22.4 Å². The van der Waals surface area contributed by atoms with Crippen LogP contribution in [0.4, 0.5) is 22.7 Å². The smallest absolute Gasteiger partial charge is 0.137 e. The van der Waals surface area contributed by atoms with E-state index in [1.165, 1.54) is 44.7 Å². The number of pyridine rings is 1. The molecular formula is C53H52N4O. The summed E-state index contributed by atoms with van der Waals surface area (Å²) in [5, 5.41) is 2.34. The third-order valence-corrected chi connectivity index (χ3v) is 11.9. The van der Waals surface area contributed by atoms with Crippen LogP contribution in [0.1, 0.15) is 77.6 Å². The first kappa shape index (κ1) is 37.3. The summed E-state index contributed by atoms with van der Waals surface area (Å²) in [7, 11) is 0. The Balaban J connectivity index is 1.12. The lowest BCUT2D eigenvalue weighted by Crippen LogP contribution is -2.25. The molecule has 0 aliphatic carbocycles. The van der Waals surface area contributed by atoms with Crippen molar-refractivity contribution in [3.8, 4) is 17.3 Å². The van der Waals surface area contributed by atoms with Gasteiger partial charge in [0, 0.05) is 45.9 Å². The zero-order chi connectivity index (χ0) is 40.4. The zero-order valence-corrected chi connectivity index (χ0v) is 34.9. The summed E-state index contributed by atoms with van der Waals surface area (Å²) >= 11 is 0. The van der Waals surface area contributed by atoms with E-state index in [4.69, 9.17) is 9.72 Å². The average molecular weight is 761 g/mol. The Morgan fingerprint density at radius 2 is 1.10 bits per heavy atom. The van der Waals surface area contributed by atoms with Gasteiger partial charge >= 0.3 is 0 Å². The second-order valence-corrected chi connectivity index (χ2v) is 18.3. The Bertz CT molecular complexity index is 2800. The van der Waals surface area contributed by atoms with Gasteiger partial charge in [-0.2, -0.15) is 0 Å². The van der Waals surface area contributed by atoms with Crippen LogP contribution in [0.15, 0.2) is 158 Å². The predicted octanol–water partition coefficient (Wildman–Crippen LogP) is 14.1. The van der Waals surface area contributed by atoms with E-state index in [1.807, 2.05) is 6.20 Å². The largest absolute Gasteiger partial charge is 0.457 e. The predicted molar refractivity (Wildman–Crippen MR) is 243 cm³/mol. The van der Waals surface area contributed by atoms with Gasteiger partial charge < -0.3 is 14.5 Å². The van der Waals surface area contributed by atoms with Crippen LogP contribution in [0.5, 0.6) is 11.5 Å². The molecule has 0 atom stereocenters. The van der Waals surface area contributed by atoms with Gasteiger partial charge in [-0.3, -0.25) is 4.57 Å². The summed E-state index contributed by atoms with van der Waals surface area (Å²) < 4.78 is 9.21. The van der Waals surface area contributed by atoms with E-state index in [9.17, 15) is 0 Å². The second kappa shape index (κ2) is 13.9. The van der Waals surface area contributed by atoms with Crippen molar-refractivity contribution in [2.75, 3.05) is 16.5 Å². The van der Waals surface area contributed by atoms with Gasteiger partial charge in [0.2, 0.25) is 0 Å². The van der Waals surface area contributed by atoms with Gasteiger partial charge in [-0.1, -0.05) is 128 Å². The molecule has 0 spiro atoms. The van der Waals surface area contributed by atoms with Crippen molar-refractivity contribution in [2.24, 2.45) is 0 Å². The van der Waals surface area contributed by atoms with Crippen LogP contribution >= 0.6 is 0 Å². The lowest BCUT2D eigenvalue weighted by Gasteiger charge is -2.27. The fraction of sp³-hybridized carbons (Fsp3) is 0.226. The van der Waals surface area contributed by atoms with Gasteiger partial charge in [-0.05, 0) is 99.8 Å². The van der Waals surface area contributed by atoms with Gasteiger partial charge in [0.1, 0.15) is 24.0 Å². The van der Waals surface area contributed by atoms with Crippen LogP contribution in [0, 0.1) is 0 Å². The Hall–Kier alpha value is -6.33. The highest BCUT2D eigenvalue weighted by atomic mass is 16.5. The fourth-order valence-corrected chi connectivity index (χ4v) is 8.38. The van der Waals surface area contributed by atoms with Gasteiger partial charge in [-0.25, -0.2) is 4.98 Å². The van der Waals surface area contributed by atoms with Crippen molar-refractivity contribution in [1.82, 2.24) is 9.55 Å². The molecule has 290 valence electrons. The molecule has 5 nitrogen and oxygen atoms in total. The molecule has 0 unspecified atom stereocenters. The first-order valence-corrected chi connectivity index (χ1v) is 20.4. The van der Waals surface area contributed by atoms with E-state index in [-0.39, 0.29) is 16.2 Å². The number of hydrogen-bond acceptors (Lipinski definition) is 4. The van der Waals surface area contributed by atoms with Crippen molar-refractivity contribution >= 4 is 44.6 Å². The number of aromatic nitrogens is 2. The summed E-state index contributed by atoms with van der Waals surface area (Å²) in [5.74, 6) is 2.46. The van der Waals surface area contributed by atoms with Crippen LogP contribution in [0.3, 0.4) is 0 Å². The molecule has 9 rings (SSSR count). The molecule has 8 aromatic rings. The molecule has 0 saturated carbocycles. The fourth-order valence-electron chi connectivity index (χ4n) is 8.38. The molecule has 1 aliphatic rings. The van der Waals surface area contributed by atoms with Crippen molar-refractivity contribution in [1.29, 1.82) is 0 Å². The van der Waals surface area contributed by atoms with Crippen molar-refractivity contribution in [2.45, 2.75) is 71.6 Å². The number of ether oxygens (including phenoxy) is 1. The van der Waals surface area contributed by atoms with Crippen LogP contribution < -0.4 is 14.5 Å². The second-order valence-electron chi connectivity index (χ2n) is 18.3. The minimum atomic E-state index is -0.203. The summed E-state index contributed by atoms with van der Waals surface area (Å²) in [6.07, 6.45) is 1.94. The molecule has 1 aliphatic heterocycles. The maximum Gasteiger partial charge on any atom is 0.137 e. The Morgan fingerprint density at radius 1 is 0.466 bits per heavy atom. The summed E-state index contributed by atoms with van der Waals surface area (Å²) in [6.45, 7) is 18.9. The van der Waals surface area contributed by atoms with Crippen molar-refractivity contribution < 1.29 is 4.74 Å². The molecule has 0 radical (unpaired) electrons. The number of para-hydroxylation sites is 3. The highest BCUT2D eigenvalue weighted by Gasteiger charge is 2.30. The number of anilines is 4. The van der Waals surface area contributed by atoms with Gasteiger partial charge in [0.15, 0.2) is 0 Å². The van der Waals surface area contributed by atoms with Crippen LogP contribution in [0.2, 0.25) is 0 Å². The maximum atomic E-state index is 6.92. The van der Waals surface area contributed by atoms with E-state index >= 15 is 0 Å². The maximum absolute atomic E-state index is 6.92. The monoisotopic (exact) mass is 760 g/mol. The van der Waals surface area contributed by atoms with Crippen molar-refractivity contribution in [3.05, 3.63) is 180 Å². The third kappa shape index (κ3) is 6.68.